The smallest absolute Gasteiger partial charge is 0.239 e. The minimum absolute atomic E-state index is 0.148. The zero-order chi connectivity index (χ0) is 15.9. The summed E-state index contributed by atoms with van der Waals surface area (Å²) < 4.78 is 0. The summed E-state index contributed by atoms with van der Waals surface area (Å²) in [4.78, 5) is 14.3. The van der Waals surface area contributed by atoms with Crippen LogP contribution in [0, 0.1) is 11.8 Å². The number of hydrogen-bond donors (Lipinski definition) is 1. The third kappa shape index (κ3) is 5.13. The molecule has 2 rings (SSSR count). The number of nitrogens with zero attached hydrogens (tertiary/aromatic N) is 1. The van der Waals surface area contributed by atoms with Crippen LogP contribution in [0.15, 0.2) is 30.3 Å². The van der Waals surface area contributed by atoms with E-state index in [1.807, 2.05) is 4.90 Å². The van der Waals surface area contributed by atoms with Crippen molar-refractivity contribution >= 4 is 5.91 Å². The lowest BCUT2D eigenvalue weighted by Crippen LogP contribution is -2.47. The molecule has 0 spiro atoms. The molecular weight excluding hydrogens is 272 g/mol. The lowest BCUT2D eigenvalue weighted by atomic mass is 9.90. The van der Waals surface area contributed by atoms with Crippen molar-refractivity contribution in [3.63, 3.8) is 0 Å². The maximum absolute atomic E-state index is 12.3. The number of aryl methyl sites for hydroxylation is 1. The van der Waals surface area contributed by atoms with Crippen molar-refractivity contribution in [2.24, 2.45) is 17.6 Å². The fourth-order valence-corrected chi connectivity index (χ4v) is 3.30. The average Bonchev–Trinajstić information content (AvgIpc) is 2.53. The van der Waals surface area contributed by atoms with Crippen LogP contribution in [0.1, 0.15) is 45.1 Å². The van der Waals surface area contributed by atoms with Gasteiger partial charge in [0.1, 0.15) is 0 Å². The molecule has 1 atom stereocenters. The van der Waals surface area contributed by atoms with Crippen LogP contribution in [0.4, 0.5) is 0 Å². The average molecular weight is 302 g/mol. The second-order valence-electron chi connectivity index (χ2n) is 7.03. The second-order valence-corrected chi connectivity index (χ2v) is 7.03. The Morgan fingerprint density at radius 2 is 1.86 bits per heavy atom. The number of rotatable bonds is 6. The summed E-state index contributed by atoms with van der Waals surface area (Å²) in [7, 11) is 0. The Morgan fingerprint density at radius 3 is 2.45 bits per heavy atom. The molecule has 2 N–H and O–H groups in total. The minimum atomic E-state index is -0.319. The highest BCUT2D eigenvalue weighted by atomic mass is 16.2. The van der Waals surface area contributed by atoms with Crippen LogP contribution in [0.5, 0.6) is 0 Å². The van der Waals surface area contributed by atoms with Crippen molar-refractivity contribution in [2.75, 3.05) is 13.1 Å². The highest BCUT2D eigenvalue weighted by molar-refractivity contribution is 5.81. The van der Waals surface area contributed by atoms with E-state index in [9.17, 15) is 4.79 Å². The van der Waals surface area contributed by atoms with Crippen LogP contribution < -0.4 is 5.73 Å². The van der Waals surface area contributed by atoms with E-state index in [1.54, 1.807) is 0 Å². The van der Waals surface area contributed by atoms with Crippen molar-refractivity contribution < 1.29 is 4.79 Å². The number of hydrogen-bond acceptors (Lipinski definition) is 2. The molecule has 1 heterocycles. The van der Waals surface area contributed by atoms with Gasteiger partial charge in [-0.25, -0.2) is 0 Å². The molecule has 22 heavy (non-hydrogen) atoms. The number of carbonyl (C=O) groups excluding carboxylic acids is 1. The van der Waals surface area contributed by atoms with Gasteiger partial charge in [-0.15, -0.1) is 0 Å². The van der Waals surface area contributed by atoms with Crippen molar-refractivity contribution in [1.82, 2.24) is 4.90 Å². The summed E-state index contributed by atoms with van der Waals surface area (Å²) in [5, 5.41) is 0. The number of amides is 1. The Kier molecular flexibility index (Phi) is 6.44. The Hall–Kier alpha value is -1.35. The first-order chi connectivity index (χ1) is 10.6. The van der Waals surface area contributed by atoms with Crippen molar-refractivity contribution in [3.05, 3.63) is 35.9 Å². The largest absolute Gasteiger partial charge is 0.341 e. The van der Waals surface area contributed by atoms with Crippen LogP contribution in [0.3, 0.4) is 0 Å². The van der Waals surface area contributed by atoms with E-state index in [4.69, 9.17) is 5.73 Å². The third-order valence-electron chi connectivity index (χ3n) is 4.65. The zero-order valence-electron chi connectivity index (χ0n) is 14.0. The van der Waals surface area contributed by atoms with Crippen molar-refractivity contribution in [2.45, 2.75) is 52.0 Å². The molecule has 1 amide bonds. The molecule has 0 saturated carbocycles. The van der Waals surface area contributed by atoms with Gasteiger partial charge in [0.05, 0.1) is 6.04 Å². The fourth-order valence-electron chi connectivity index (χ4n) is 3.30. The molecule has 0 aromatic heterocycles. The highest BCUT2D eigenvalue weighted by Gasteiger charge is 2.26. The lowest BCUT2D eigenvalue weighted by Gasteiger charge is -2.34. The van der Waals surface area contributed by atoms with Crippen molar-refractivity contribution in [3.8, 4) is 0 Å². The summed E-state index contributed by atoms with van der Waals surface area (Å²) in [5.41, 5.74) is 7.44. The van der Waals surface area contributed by atoms with E-state index >= 15 is 0 Å². The predicted molar refractivity (Wildman–Crippen MR) is 91.5 cm³/mol. The first kappa shape index (κ1) is 17.0. The molecule has 3 heteroatoms. The van der Waals surface area contributed by atoms with Gasteiger partial charge in [0.25, 0.3) is 0 Å². The molecule has 0 aliphatic carbocycles. The van der Waals surface area contributed by atoms with Gasteiger partial charge < -0.3 is 10.6 Å². The van der Waals surface area contributed by atoms with Gasteiger partial charge in [0.2, 0.25) is 5.91 Å². The standard InChI is InChI=1S/C19H30N2O/c1-15(2)14-18(20)19(22)21-12-10-17(11-13-21)9-8-16-6-4-3-5-7-16/h3-7,15,17-18H,8-14,20H2,1-2H3/t18-/m0/s1. The Balaban J connectivity index is 1.72. The van der Waals surface area contributed by atoms with E-state index in [2.05, 4.69) is 44.2 Å². The van der Waals surface area contributed by atoms with Crippen LogP contribution in [-0.4, -0.2) is 29.9 Å². The molecule has 1 aromatic carbocycles. The van der Waals surface area contributed by atoms with Crippen molar-refractivity contribution in [1.29, 1.82) is 0 Å². The normalized spacial score (nSPS) is 17.7. The molecule has 122 valence electrons. The van der Waals surface area contributed by atoms with E-state index in [1.165, 1.54) is 12.0 Å². The zero-order valence-corrected chi connectivity index (χ0v) is 14.0. The monoisotopic (exact) mass is 302 g/mol. The number of nitrogens with two attached hydrogens (primary N) is 1. The first-order valence-corrected chi connectivity index (χ1v) is 8.64. The van der Waals surface area contributed by atoms with Crippen LogP contribution >= 0.6 is 0 Å². The van der Waals surface area contributed by atoms with Crippen LogP contribution in [0.25, 0.3) is 0 Å². The first-order valence-electron chi connectivity index (χ1n) is 8.64. The predicted octanol–water partition coefficient (Wildman–Crippen LogP) is 3.23. The molecule has 0 bridgehead atoms. The number of carbonyl (C=O) groups is 1. The SMILES string of the molecule is CC(C)C[C@H](N)C(=O)N1CCC(CCc2ccccc2)CC1. The van der Waals surface area contributed by atoms with Gasteiger partial charge in [-0.3, -0.25) is 4.79 Å². The van der Waals surface area contributed by atoms with Gasteiger partial charge in [0.15, 0.2) is 0 Å². The van der Waals surface area contributed by atoms with E-state index in [0.717, 1.165) is 44.7 Å². The number of likely N-dealkylation sites (tertiary alicyclic amines) is 1. The third-order valence-corrected chi connectivity index (χ3v) is 4.65. The molecule has 1 fully saturated rings. The molecule has 1 aromatic rings. The number of benzene rings is 1. The number of piperidine rings is 1. The Morgan fingerprint density at radius 1 is 1.23 bits per heavy atom. The Labute approximate surface area is 134 Å². The minimum Gasteiger partial charge on any atom is -0.341 e. The van der Waals surface area contributed by atoms with Gasteiger partial charge in [0, 0.05) is 13.1 Å². The molecule has 0 radical (unpaired) electrons. The summed E-state index contributed by atoms with van der Waals surface area (Å²) in [5.74, 6) is 1.36. The summed E-state index contributed by atoms with van der Waals surface area (Å²) in [6.07, 6.45) is 5.39. The van der Waals surface area contributed by atoms with E-state index in [0.29, 0.717) is 5.92 Å². The molecule has 1 aliphatic rings. The molecule has 3 nitrogen and oxygen atoms in total. The summed E-state index contributed by atoms with van der Waals surface area (Å²) in [6, 6.07) is 10.3. The maximum Gasteiger partial charge on any atom is 0.239 e. The second kappa shape index (κ2) is 8.33. The molecule has 0 unspecified atom stereocenters. The summed E-state index contributed by atoms with van der Waals surface area (Å²) in [6.45, 7) is 5.99. The topological polar surface area (TPSA) is 46.3 Å². The van der Waals surface area contributed by atoms with Crippen LogP contribution in [-0.2, 0) is 11.2 Å². The fraction of sp³-hybridized carbons (Fsp3) is 0.632. The van der Waals surface area contributed by atoms with Gasteiger partial charge in [-0.05, 0) is 49.5 Å². The van der Waals surface area contributed by atoms with E-state index < -0.39 is 0 Å². The van der Waals surface area contributed by atoms with Gasteiger partial charge >= 0.3 is 0 Å². The Bertz CT molecular complexity index is 450. The maximum atomic E-state index is 12.3. The molecule has 1 aliphatic heterocycles. The van der Waals surface area contributed by atoms with Gasteiger partial charge in [-0.1, -0.05) is 44.2 Å². The quantitative estimate of drug-likeness (QED) is 0.877. The molecule has 1 saturated heterocycles. The molecular formula is C19H30N2O. The lowest BCUT2D eigenvalue weighted by molar-refractivity contribution is -0.134. The highest BCUT2D eigenvalue weighted by Crippen LogP contribution is 2.23. The van der Waals surface area contributed by atoms with E-state index in [-0.39, 0.29) is 11.9 Å². The van der Waals surface area contributed by atoms with Crippen LogP contribution in [0.2, 0.25) is 0 Å². The van der Waals surface area contributed by atoms with Gasteiger partial charge in [-0.2, -0.15) is 0 Å². The summed E-state index contributed by atoms with van der Waals surface area (Å²) >= 11 is 0.